The fraction of sp³-hybridized carbons (Fsp3) is 0.750. The molecule has 0 aromatic rings. The fourth-order valence-corrected chi connectivity index (χ4v) is 3.99. The highest BCUT2D eigenvalue weighted by Crippen LogP contribution is 2.41. The molecule has 2 bridgehead atoms. The number of hydrogen-bond acceptors (Lipinski definition) is 4. The van der Waals surface area contributed by atoms with E-state index in [4.69, 9.17) is 4.74 Å². The summed E-state index contributed by atoms with van der Waals surface area (Å²) in [4.78, 5) is 11.4. The molecule has 142 valence electrons. The Morgan fingerprint density at radius 3 is 2.76 bits per heavy atom. The molecule has 0 spiro atoms. The van der Waals surface area contributed by atoms with E-state index in [0.29, 0.717) is 12.8 Å². The van der Waals surface area contributed by atoms with E-state index >= 15 is 0 Å². The third kappa shape index (κ3) is 4.72. The summed E-state index contributed by atoms with van der Waals surface area (Å²) < 4.78 is 6.04. The number of ether oxygens (including phenoxy) is 1. The zero-order valence-corrected chi connectivity index (χ0v) is 15.6. The van der Waals surface area contributed by atoms with E-state index in [2.05, 4.69) is 19.6 Å². The monoisotopic (exact) mass is 352 g/mol. The van der Waals surface area contributed by atoms with Gasteiger partial charge in [-0.1, -0.05) is 25.2 Å². The molecule has 2 heterocycles. The van der Waals surface area contributed by atoms with Crippen LogP contribution in [0.3, 0.4) is 0 Å². The number of aliphatic hydroxyl groups is 2. The van der Waals surface area contributed by atoms with E-state index in [0.717, 1.165) is 25.7 Å². The summed E-state index contributed by atoms with van der Waals surface area (Å²) in [5, 5.41) is 31.0. The first-order valence-electron chi connectivity index (χ1n) is 9.27. The third-order valence-corrected chi connectivity index (χ3v) is 5.90. The number of rotatable bonds is 2. The van der Waals surface area contributed by atoms with E-state index in [-0.39, 0.29) is 11.5 Å². The lowest BCUT2D eigenvalue weighted by atomic mass is 9.81. The number of aliphatic carboxylic acids is 1. The van der Waals surface area contributed by atoms with Crippen LogP contribution < -0.4 is 0 Å². The van der Waals surface area contributed by atoms with Gasteiger partial charge in [-0.05, 0) is 58.3 Å². The van der Waals surface area contributed by atoms with Crippen LogP contribution in [-0.2, 0) is 9.53 Å². The molecule has 25 heavy (non-hydrogen) atoms. The Labute approximate surface area is 150 Å². The molecule has 3 N–H and O–H groups in total. The summed E-state index contributed by atoms with van der Waals surface area (Å²) in [6.07, 6.45) is 4.71. The number of carbonyl (C=O) groups is 1. The molecule has 0 amide bonds. The molecule has 5 heteroatoms. The molecule has 0 saturated carbocycles. The third-order valence-electron chi connectivity index (χ3n) is 5.90. The smallest absolute Gasteiger partial charge is 0.331 e. The highest BCUT2D eigenvalue weighted by Gasteiger charge is 2.49. The normalized spacial score (nSPS) is 42.4. The topological polar surface area (TPSA) is 87.0 Å². The van der Waals surface area contributed by atoms with Crippen LogP contribution in [-0.4, -0.2) is 45.2 Å². The number of carboxylic acids is 1. The van der Waals surface area contributed by atoms with Gasteiger partial charge in [0.05, 0.1) is 23.9 Å². The first kappa shape index (κ1) is 20.1. The van der Waals surface area contributed by atoms with Crippen molar-refractivity contribution in [1.29, 1.82) is 0 Å². The van der Waals surface area contributed by atoms with Gasteiger partial charge in [0.15, 0.2) is 0 Å². The van der Waals surface area contributed by atoms with Gasteiger partial charge in [-0.25, -0.2) is 4.79 Å². The summed E-state index contributed by atoms with van der Waals surface area (Å²) in [6.45, 7) is 9.50. The summed E-state index contributed by atoms with van der Waals surface area (Å²) in [5.74, 6) is -1.56. The van der Waals surface area contributed by atoms with Crippen molar-refractivity contribution < 1.29 is 24.9 Å². The predicted octanol–water partition coefficient (Wildman–Crippen LogP) is 3.06. The van der Waals surface area contributed by atoms with Gasteiger partial charge in [-0.2, -0.15) is 0 Å². The minimum atomic E-state index is -1.07. The van der Waals surface area contributed by atoms with Crippen molar-refractivity contribution in [1.82, 2.24) is 0 Å². The van der Waals surface area contributed by atoms with E-state index in [1.807, 2.05) is 6.92 Å². The molecule has 0 aromatic heterocycles. The van der Waals surface area contributed by atoms with Gasteiger partial charge in [0.1, 0.15) is 0 Å². The zero-order valence-electron chi connectivity index (χ0n) is 15.6. The molecule has 6 atom stereocenters. The lowest BCUT2D eigenvalue weighted by Crippen LogP contribution is -2.41. The Hall–Kier alpha value is -1.17. The van der Waals surface area contributed by atoms with Crippen LogP contribution in [0.5, 0.6) is 0 Å². The quantitative estimate of drug-likeness (QED) is 0.525. The highest BCUT2D eigenvalue weighted by atomic mass is 16.5. The molecule has 0 unspecified atom stereocenters. The lowest BCUT2D eigenvalue weighted by Gasteiger charge is -2.31. The molecule has 2 rings (SSSR count). The SMILES string of the molecule is C=C(C(=O)O)[C@@H]1C[C@@H]2O[C@H]1[C@H](O)[C@@H](C)CCC/C(C)=C/CC[C@@]2(C)O. The van der Waals surface area contributed by atoms with Crippen molar-refractivity contribution >= 4 is 5.97 Å². The summed E-state index contributed by atoms with van der Waals surface area (Å²) in [6, 6.07) is 0. The average Bonchev–Trinajstić information content (AvgIpc) is 2.98. The van der Waals surface area contributed by atoms with Crippen LogP contribution >= 0.6 is 0 Å². The highest BCUT2D eigenvalue weighted by molar-refractivity contribution is 5.86. The second-order valence-electron chi connectivity index (χ2n) is 8.07. The van der Waals surface area contributed by atoms with Crippen LogP contribution in [0.2, 0.25) is 0 Å². The number of aliphatic hydroxyl groups excluding tert-OH is 1. The molecule has 0 aliphatic carbocycles. The molecule has 1 saturated heterocycles. The maximum atomic E-state index is 11.4. The average molecular weight is 352 g/mol. The van der Waals surface area contributed by atoms with Crippen molar-refractivity contribution in [3.8, 4) is 0 Å². The Kier molecular flexibility index (Phi) is 6.46. The van der Waals surface area contributed by atoms with Gasteiger partial charge in [0.2, 0.25) is 0 Å². The van der Waals surface area contributed by atoms with Gasteiger partial charge in [0, 0.05) is 11.5 Å². The largest absolute Gasteiger partial charge is 0.478 e. The number of hydrogen-bond donors (Lipinski definition) is 3. The Morgan fingerprint density at radius 2 is 2.12 bits per heavy atom. The fourth-order valence-electron chi connectivity index (χ4n) is 3.99. The van der Waals surface area contributed by atoms with Crippen molar-refractivity contribution in [3.05, 3.63) is 23.8 Å². The standard InChI is InChI=1S/C20H32O5/c1-12-7-5-9-13(2)17(21)18-15(14(3)19(22)23)11-16(25-18)20(4,24)10-6-8-12/h8,13,15-18,21,24H,3,5-7,9-11H2,1-2,4H3,(H,22,23)/b12-8+/t13-,15-,16-,17+,18+,20+/m0/s1. The minimum Gasteiger partial charge on any atom is -0.478 e. The molecule has 2 aliphatic rings. The zero-order chi connectivity index (χ0) is 18.8. The van der Waals surface area contributed by atoms with Crippen LogP contribution in [0.25, 0.3) is 0 Å². The van der Waals surface area contributed by atoms with Crippen molar-refractivity contribution in [2.45, 2.75) is 83.2 Å². The second kappa shape index (κ2) is 8.02. The van der Waals surface area contributed by atoms with Gasteiger partial charge in [-0.15, -0.1) is 0 Å². The molecule has 1 fully saturated rings. The van der Waals surface area contributed by atoms with Crippen LogP contribution in [0, 0.1) is 11.8 Å². The molecular weight excluding hydrogens is 320 g/mol. The predicted molar refractivity (Wildman–Crippen MR) is 96.2 cm³/mol. The second-order valence-corrected chi connectivity index (χ2v) is 8.07. The van der Waals surface area contributed by atoms with Crippen molar-refractivity contribution in [2.75, 3.05) is 0 Å². The van der Waals surface area contributed by atoms with Crippen molar-refractivity contribution in [2.24, 2.45) is 11.8 Å². The summed E-state index contributed by atoms with van der Waals surface area (Å²) >= 11 is 0. The van der Waals surface area contributed by atoms with E-state index in [1.165, 1.54) is 5.57 Å². The number of carboxylic acid groups (broad SMARTS) is 1. The van der Waals surface area contributed by atoms with Crippen LogP contribution in [0.1, 0.15) is 59.3 Å². The van der Waals surface area contributed by atoms with Crippen LogP contribution in [0.15, 0.2) is 23.8 Å². The minimum absolute atomic E-state index is 0.00801. The van der Waals surface area contributed by atoms with E-state index in [1.54, 1.807) is 6.92 Å². The van der Waals surface area contributed by atoms with E-state index < -0.39 is 35.8 Å². The van der Waals surface area contributed by atoms with Gasteiger partial charge in [-0.3, -0.25) is 0 Å². The Bertz CT molecular complexity index is 536. The molecule has 0 radical (unpaired) electrons. The maximum absolute atomic E-state index is 11.4. The Balaban J connectivity index is 2.30. The first-order chi connectivity index (χ1) is 11.6. The Morgan fingerprint density at radius 1 is 1.44 bits per heavy atom. The van der Waals surface area contributed by atoms with Gasteiger partial charge < -0.3 is 20.1 Å². The lowest BCUT2D eigenvalue weighted by molar-refractivity contribution is -0.136. The number of fused-ring (bicyclic) bond motifs is 2. The summed E-state index contributed by atoms with van der Waals surface area (Å²) in [7, 11) is 0. The molecule has 2 aliphatic heterocycles. The van der Waals surface area contributed by atoms with Crippen molar-refractivity contribution in [3.63, 3.8) is 0 Å². The summed E-state index contributed by atoms with van der Waals surface area (Å²) in [5.41, 5.74) is 0.289. The maximum Gasteiger partial charge on any atom is 0.331 e. The van der Waals surface area contributed by atoms with E-state index in [9.17, 15) is 20.1 Å². The molecular formula is C20H32O5. The van der Waals surface area contributed by atoms with Gasteiger partial charge >= 0.3 is 5.97 Å². The first-order valence-corrected chi connectivity index (χ1v) is 9.27. The molecule has 0 aromatic carbocycles. The van der Waals surface area contributed by atoms with Crippen LogP contribution in [0.4, 0.5) is 0 Å². The van der Waals surface area contributed by atoms with Gasteiger partial charge in [0.25, 0.3) is 0 Å². The molecule has 5 nitrogen and oxygen atoms in total. The number of allylic oxidation sites excluding steroid dienone is 2.